The summed E-state index contributed by atoms with van der Waals surface area (Å²) >= 11 is 0. The van der Waals surface area contributed by atoms with E-state index in [4.69, 9.17) is 5.73 Å². The summed E-state index contributed by atoms with van der Waals surface area (Å²) in [5.41, 5.74) is 7.51. The van der Waals surface area contributed by atoms with E-state index in [1.54, 1.807) is 0 Å². The summed E-state index contributed by atoms with van der Waals surface area (Å²) in [7, 11) is 0. The van der Waals surface area contributed by atoms with Crippen LogP contribution in [-0.4, -0.2) is 0 Å². The molecule has 0 aliphatic rings. The van der Waals surface area contributed by atoms with Crippen LogP contribution in [0.25, 0.3) is 11.1 Å². The van der Waals surface area contributed by atoms with E-state index in [9.17, 15) is 13.2 Å². The maximum absolute atomic E-state index is 12.5. The second-order valence-electron chi connectivity index (χ2n) is 5.37. The predicted octanol–water partition coefficient (Wildman–Crippen LogP) is 4.57. The zero-order chi connectivity index (χ0) is 15.0. The molecular weight excluding hydrogens is 263 g/mol. The van der Waals surface area contributed by atoms with Crippen molar-refractivity contribution in [3.63, 3.8) is 0 Å². The molecule has 0 fully saturated rings. The van der Waals surface area contributed by atoms with Crippen molar-refractivity contribution in [1.82, 2.24) is 0 Å². The molecule has 0 spiro atoms. The highest BCUT2D eigenvalue weighted by Gasteiger charge is 2.29. The Morgan fingerprint density at radius 3 is 1.35 bits per heavy atom. The molecule has 1 nitrogen and oxygen atoms in total. The fourth-order valence-electron chi connectivity index (χ4n) is 1.94. The van der Waals surface area contributed by atoms with Gasteiger partial charge in [-0.25, -0.2) is 0 Å². The third kappa shape index (κ3) is 3.20. The lowest BCUT2D eigenvalue weighted by molar-refractivity contribution is -0.137. The van der Waals surface area contributed by atoms with Gasteiger partial charge in [-0.1, -0.05) is 36.4 Å². The molecule has 106 valence electrons. The molecule has 2 aromatic carbocycles. The third-order valence-electron chi connectivity index (χ3n) is 3.17. The van der Waals surface area contributed by atoms with Gasteiger partial charge in [-0.15, -0.1) is 0 Å². The average Bonchev–Trinajstić information content (AvgIpc) is 2.37. The van der Waals surface area contributed by atoms with Gasteiger partial charge in [0.1, 0.15) is 0 Å². The number of hydrogen-bond donors (Lipinski definition) is 1. The Labute approximate surface area is 116 Å². The maximum atomic E-state index is 12.5. The van der Waals surface area contributed by atoms with Gasteiger partial charge in [0.05, 0.1) is 5.56 Å². The summed E-state index contributed by atoms with van der Waals surface area (Å²) in [4.78, 5) is 0. The Bertz CT molecular complexity index is 520. The minimum Gasteiger partial charge on any atom is -0.322 e. The third-order valence-corrected chi connectivity index (χ3v) is 3.17. The SMILES string of the molecule is CC(C)(N)c1ccc(-c2ccc(C(F)(F)F)cc2)cc1. The first-order chi connectivity index (χ1) is 9.18. The number of halogens is 3. The van der Waals surface area contributed by atoms with Gasteiger partial charge in [-0.2, -0.15) is 13.2 Å². The normalized spacial score (nSPS) is 12.5. The standard InChI is InChI=1S/C16H16F3N/c1-15(2,20)13-7-3-11(4-8-13)12-5-9-14(10-6-12)16(17,18)19/h3-10H,20H2,1-2H3. The number of alkyl halides is 3. The summed E-state index contributed by atoms with van der Waals surface area (Å²) in [6.07, 6.45) is -4.30. The molecule has 0 atom stereocenters. The molecule has 2 N–H and O–H groups in total. The van der Waals surface area contributed by atoms with Crippen molar-refractivity contribution >= 4 is 0 Å². The van der Waals surface area contributed by atoms with Crippen LogP contribution in [0.5, 0.6) is 0 Å². The van der Waals surface area contributed by atoms with Crippen molar-refractivity contribution < 1.29 is 13.2 Å². The van der Waals surface area contributed by atoms with E-state index in [0.29, 0.717) is 0 Å². The Morgan fingerprint density at radius 2 is 1.05 bits per heavy atom. The highest BCUT2D eigenvalue weighted by Crippen LogP contribution is 2.31. The van der Waals surface area contributed by atoms with Crippen LogP contribution in [0.2, 0.25) is 0 Å². The van der Waals surface area contributed by atoms with Crippen LogP contribution >= 0.6 is 0 Å². The first-order valence-corrected chi connectivity index (χ1v) is 6.25. The molecule has 0 amide bonds. The Hall–Kier alpha value is -1.81. The monoisotopic (exact) mass is 279 g/mol. The van der Waals surface area contributed by atoms with E-state index in [1.165, 1.54) is 12.1 Å². The lowest BCUT2D eigenvalue weighted by Crippen LogP contribution is -2.28. The summed E-state index contributed by atoms with van der Waals surface area (Å²) in [6.45, 7) is 3.81. The van der Waals surface area contributed by atoms with Crippen LogP contribution in [0.1, 0.15) is 25.0 Å². The summed E-state index contributed by atoms with van der Waals surface area (Å²) < 4.78 is 37.5. The Balaban J connectivity index is 2.29. The van der Waals surface area contributed by atoms with Crippen molar-refractivity contribution in [3.8, 4) is 11.1 Å². The number of rotatable bonds is 2. The van der Waals surface area contributed by atoms with Crippen molar-refractivity contribution in [3.05, 3.63) is 59.7 Å². The molecule has 0 aliphatic carbocycles. The molecule has 0 bridgehead atoms. The van der Waals surface area contributed by atoms with Gasteiger partial charge in [0, 0.05) is 5.54 Å². The molecule has 20 heavy (non-hydrogen) atoms. The predicted molar refractivity (Wildman–Crippen MR) is 74.1 cm³/mol. The van der Waals surface area contributed by atoms with E-state index in [1.807, 2.05) is 38.1 Å². The van der Waals surface area contributed by atoms with Crippen LogP contribution in [0.3, 0.4) is 0 Å². The molecule has 2 aromatic rings. The van der Waals surface area contributed by atoms with Crippen LogP contribution < -0.4 is 5.73 Å². The average molecular weight is 279 g/mol. The molecular formula is C16H16F3N. The topological polar surface area (TPSA) is 26.0 Å². The van der Waals surface area contributed by atoms with E-state index in [0.717, 1.165) is 28.8 Å². The van der Waals surface area contributed by atoms with Gasteiger partial charge in [0.15, 0.2) is 0 Å². The lowest BCUT2D eigenvalue weighted by Gasteiger charge is -2.19. The van der Waals surface area contributed by atoms with Crippen molar-refractivity contribution in [2.24, 2.45) is 5.73 Å². The molecule has 0 aliphatic heterocycles. The summed E-state index contributed by atoms with van der Waals surface area (Å²) in [5, 5.41) is 0. The molecule has 4 heteroatoms. The molecule has 0 saturated carbocycles. The lowest BCUT2D eigenvalue weighted by atomic mass is 9.93. The highest BCUT2D eigenvalue weighted by molar-refractivity contribution is 5.64. The van der Waals surface area contributed by atoms with Gasteiger partial charge in [0.2, 0.25) is 0 Å². The van der Waals surface area contributed by atoms with E-state index >= 15 is 0 Å². The van der Waals surface area contributed by atoms with Crippen molar-refractivity contribution in [1.29, 1.82) is 0 Å². The van der Waals surface area contributed by atoms with E-state index < -0.39 is 17.3 Å². The summed E-state index contributed by atoms with van der Waals surface area (Å²) in [6, 6.07) is 12.7. The van der Waals surface area contributed by atoms with Crippen molar-refractivity contribution in [2.45, 2.75) is 25.6 Å². The van der Waals surface area contributed by atoms with Gasteiger partial charge in [-0.3, -0.25) is 0 Å². The van der Waals surface area contributed by atoms with Gasteiger partial charge >= 0.3 is 6.18 Å². The van der Waals surface area contributed by atoms with Gasteiger partial charge < -0.3 is 5.73 Å². The number of benzene rings is 2. The van der Waals surface area contributed by atoms with Crippen LogP contribution in [0.4, 0.5) is 13.2 Å². The second kappa shape index (κ2) is 4.94. The molecule has 0 aromatic heterocycles. The fourth-order valence-corrected chi connectivity index (χ4v) is 1.94. The fraction of sp³-hybridized carbons (Fsp3) is 0.250. The number of nitrogens with two attached hydrogens (primary N) is 1. The molecule has 2 rings (SSSR count). The zero-order valence-corrected chi connectivity index (χ0v) is 11.3. The second-order valence-corrected chi connectivity index (χ2v) is 5.37. The maximum Gasteiger partial charge on any atom is 0.416 e. The van der Waals surface area contributed by atoms with E-state index in [2.05, 4.69) is 0 Å². The molecule has 0 unspecified atom stereocenters. The first-order valence-electron chi connectivity index (χ1n) is 6.25. The van der Waals surface area contributed by atoms with Crippen LogP contribution in [0, 0.1) is 0 Å². The zero-order valence-electron chi connectivity index (χ0n) is 11.3. The molecule has 0 heterocycles. The largest absolute Gasteiger partial charge is 0.416 e. The van der Waals surface area contributed by atoms with Gasteiger partial charge in [0.25, 0.3) is 0 Å². The quantitative estimate of drug-likeness (QED) is 0.856. The smallest absolute Gasteiger partial charge is 0.322 e. The first kappa shape index (κ1) is 14.6. The molecule has 0 saturated heterocycles. The number of hydrogen-bond acceptors (Lipinski definition) is 1. The Morgan fingerprint density at radius 1 is 0.700 bits per heavy atom. The summed E-state index contributed by atoms with van der Waals surface area (Å²) in [5.74, 6) is 0. The van der Waals surface area contributed by atoms with Crippen LogP contribution in [-0.2, 0) is 11.7 Å². The minimum atomic E-state index is -4.30. The minimum absolute atomic E-state index is 0.432. The van der Waals surface area contributed by atoms with Crippen LogP contribution in [0.15, 0.2) is 48.5 Å². The molecule has 0 radical (unpaired) electrons. The highest BCUT2D eigenvalue weighted by atomic mass is 19.4. The van der Waals surface area contributed by atoms with Gasteiger partial charge in [-0.05, 0) is 42.7 Å². The van der Waals surface area contributed by atoms with Crippen molar-refractivity contribution in [2.75, 3.05) is 0 Å². The Kier molecular flexibility index (Phi) is 3.61. The van der Waals surface area contributed by atoms with E-state index in [-0.39, 0.29) is 0 Å².